The first-order valence-corrected chi connectivity index (χ1v) is 5.47. The van der Waals surface area contributed by atoms with Crippen molar-refractivity contribution >= 4 is 11.8 Å². The molecule has 1 saturated heterocycles. The Bertz CT molecular complexity index is 493. The average Bonchev–Trinajstić information content (AvgIpc) is 2.78. The number of rotatable bonds is 2. The molecule has 0 bridgehead atoms. The molecule has 1 unspecified atom stereocenters. The molecule has 5 nitrogen and oxygen atoms in total. The van der Waals surface area contributed by atoms with Crippen LogP contribution in [0.4, 0.5) is 5.82 Å². The summed E-state index contributed by atoms with van der Waals surface area (Å²) in [7, 11) is 0. The van der Waals surface area contributed by atoms with Gasteiger partial charge in [0.05, 0.1) is 11.5 Å². The SMILES string of the molecule is Cc1ccc(C#N)c(N2CCC(C(=O)O)C2)n1. The Hall–Kier alpha value is -2.09. The molecule has 1 fully saturated rings. The number of nitrogens with zero attached hydrogens (tertiary/aromatic N) is 3. The Morgan fingerprint density at radius 2 is 2.41 bits per heavy atom. The van der Waals surface area contributed by atoms with Gasteiger partial charge in [0.25, 0.3) is 0 Å². The molecular formula is C12H13N3O2. The fourth-order valence-corrected chi connectivity index (χ4v) is 2.03. The highest BCUT2D eigenvalue weighted by molar-refractivity contribution is 5.72. The number of aliphatic carboxylic acids is 1. The molecule has 17 heavy (non-hydrogen) atoms. The van der Waals surface area contributed by atoms with Gasteiger partial charge >= 0.3 is 5.97 Å². The standard InChI is InChI=1S/C12H13N3O2/c1-8-2-3-9(6-13)11(14-8)15-5-4-10(7-15)12(16)17/h2-3,10H,4-5,7H2,1H3,(H,16,17). The van der Waals surface area contributed by atoms with Crippen LogP contribution in [-0.2, 0) is 4.79 Å². The number of anilines is 1. The Morgan fingerprint density at radius 1 is 1.65 bits per heavy atom. The molecule has 1 aliphatic heterocycles. The molecule has 0 spiro atoms. The number of hydrogen-bond acceptors (Lipinski definition) is 4. The third-order valence-electron chi connectivity index (χ3n) is 2.97. The highest BCUT2D eigenvalue weighted by Crippen LogP contribution is 2.25. The maximum absolute atomic E-state index is 10.9. The topological polar surface area (TPSA) is 77.2 Å². The zero-order valence-corrected chi connectivity index (χ0v) is 9.55. The van der Waals surface area contributed by atoms with Crippen molar-refractivity contribution < 1.29 is 9.90 Å². The van der Waals surface area contributed by atoms with Gasteiger partial charge in [-0.2, -0.15) is 5.26 Å². The van der Waals surface area contributed by atoms with Crippen molar-refractivity contribution in [3.63, 3.8) is 0 Å². The van der Waals surface area contributed by atoms with Crippen LogP contribution in [0.1, 0.15) is 17.7 Å². The summed E-state index contributed by atoms with van der Waals surface area (Å²) in [6.07, 6.45) is 0.607. The highest BCUT2D eigenvalue weighted by Gasteiger charge is 2.29. The van der Waals surface area contributed by atoms with Crippen LogP contribution in [0.3, 0.4) is 0 Å². The van der Waals surface area contributed by atoms with E-state index < -0.39 is 5.97 Å². The van der Waals surface area contributed by atoms with Crippen molar-refractivity contribution in [2.75, 3.05) is 18.0 Å². The van der Waals surface area contributed by atoms with Crippen molar-refractivity contribution in [1.29, 1.82) is 5.26 Å². The molecule has 0 aromatic carbocycles. The van der Waals surface area contributed by atoms with Crippen molar-refractivity contribution in [3.8, 4) is 6.07 Å². The molecule has 1 aliphatic rings. The second-order valence-electron chi connectivity index (χ2n) is 4.21. The summed E-state index contributed by atoms with van der Waals surface area (Å²) >= 11 is 0. The number of carboxylic acid groups (broad SMARTS) is 1. The summed E-state index contributed by atoms with van der Waals surface area (Å²) in [5.41, 5.74) is 1.33. The lowest BCUT2D eigenvalue weighted by molar-refractivity contribution is -0.140. The number of carboxylic acids is 1. The van der Waals surface area contributed by atoms with E-state index in [-0.39, 0.29) is 5.92 Å². The summed E-state index contributed by atoms with van der Waals surface area (Å²) < 4.78 is 0. The number of pyridine rings is 1. The van der Waals surface area contributed by atoms with Gasteiger partial charge in [-0.25, -0.2) is 4.98 Å². The van der Waals surface area contributed by atoms with Gasteiger partial charge in [-0.15, -0.1) is 0 Å². The molecule has 0 amide bonds. The minimum Gasteiger partial charge on any atom is -0.481 e. The number of aryl methyl sites for hydroxylation is 1. The summed E-state index contributed by atoms with van der Waals surface area (Å²) in [5.74, 6) is -0.529. The molecule has 2 heterocycles. The van der Waals surface area contributed by atoms with E-state index in [0.29, 0.717) is 30.9 Å². The van der Waals surface area contributed by atoms with Crippen LogP contribution in [0.2, 0.25) is 0 Å². The predicted molar refractivity (Wildman–Crippen MR) is 61.6 cm³/mol. The minimum absolute atomic E-state index is 0.358. The van der Waals surface area contributed by atoms with E-state index in [1.807, 2.05) is 11.8 Å². The Morgan fingerprint density at radius 3 is 3.00 bits per heavy atom. The summed E-state index contributed by atoms with van der Waals surface area (Å²) in [4.78, 5) is 17.1. The van der Waals surface area contributed by atoms with E-state index in [1.165, 1.54) is 0 Å². The van der Waals surface area contributed by atoms with Crippen LogP contribution in [0.15, 0.2) is 12.1 Å². The first-order valence-electron chi connectivity index (χ1n) is 5.47. The zero-order valence-electron chi connectivity index (χ0n) is 9.55. The Labute approximate surface area is 99.3 Å². The highest BCUT2D eigenvalue weighted by atomic mass is 16.4. The fraction of sp³-hybridized carbons (Fsp3) is 0.417. The molecule has 88 valence electrons. The Kier molecular flexibility index (Phi) is 2.96. The quantitative estimate of drug-likeness (QED) is 0.826. The van der Waals surface area contributed by atoms with Crippen LogP contribution in [0, 0.1) is 24.2 Å². The molecule has 0 aliphatic carbocycles. The van der Waals surface area contributed by atoms with E-state index in [9.17, 15) is 4.79 Å². The average molecular weight is 231 g/mol. The Balaban J connectivity index is 2.27. The summed E-state index contributed by atoms with van der Waals surface area (Å²) in [6, 6.07) is 5.60. The molecule has 1 aromatic heterocycles. The van der Waals surface area contributed by atoms with Gasteiger partial charge in [-0.3, -0.25) is 4.79 Å². The lowest BCUT2D eigenvalue weighted by atomic mass is 10.1. The van der Waals surface area contributed by atoms with E-state index in [1.54, 1.807) is 12.1 Å². The second kappa shape index (κ2) is 4.42. The van der Waals surface area contributed by atoms with Crippen LogP contribution in [0.5, 0.6) is 0 Å². The van der Waals surface area contributed by atoms with Gasteiger partial charge in [0, 0.05) is 18.8 Å². The van der Waals surface area contributed by atoms with Crippen molar-refractivity contribution in [2.45, 2.75) is 13.3 Å². The number of nitriles is 1. The lowest BCUT2D eigenvalue weighted by Crippen LogP contribution is -2.24. The molecular weight excluding hydrogens is 218 g/mol. The van der Waals surface area contributed by atoms with Gasteiger partial charge in [0.15, 0.2) is 0 Å². The van der Waals surface area contributed by atoms with Crippen molar-refractivity contribution in [2.24, 2.45) is 5.92 Å². The molecule has 1 atom stereocenters. The van der Waals surface area contributed by atoms with Gasteiger partial charge in [-0.05, 0) is 25.5 Å². The van der Waals surface area contributed by atoms with E-state index >= 15 is 0 Å². The summed E-state index contributed by atoms with van der Waals surface area (Å²) in [6.45, 7) is 2.93. The molecule has 5 heteroatoms. The third-order valence-corrected chi connectivity index (χ3v) is 2.97. The fourth-order valence-electron chi connectivity index (χ4n) is 2.03. The van der Waals surface area contributed by atoms with Crippen molar-refractivity contribution in [1.82, 2.24) is 4.98 Å². The van der Waals surface area contributed by atoms with Gasteiger partial charge in [0.2, 0.25) is 0 Å². The molecule has 0 radical (unpaired) electrons. The first-order chi connectivity index (χ1) is 8.11. The third kappa shape index (κ3) is 2.21. The molecule has 0 saturated carbocycles. The molecule has 1 aromatic rings. The molecule has 2 rings (SSSR count). The maximum atomic E-state index is 10.9. The molecule has 1 N–H and O–H groups in total. The van der Waals surface area contributed by atoms with E-state index in [0.717, 1.165) is 5.69 Å². The lowest BCUT2D eigenvalue weighted by Gasteiger charge is -2.18. The van der Waals surface area contributed by atoms with Crippen LogP contribution < -0.4 is 4.90 Å². The first kappa shape index (κ1) is 11.4. The predicted octanol–water partition coefficient (Wildman–Crippen LogP) is 1.17. The van der Waals surface area contributed by atoms with E-state index in [4.69, 9.17) is 10.4 Å². The maximum Gasteiger partial charge on any atom is 0.308 e. The van der Waals surface area contributed by atoms with E-state index in [2.05, 4.69) is 11.1 Å². The van der Waals surface area contributed by atoms with Crippen LogP contribution in [-0.4, -0.2) is 29.1 Å². The normalized spacial score (nSPS) is 19.1. The number of hydrogen-bond donors (Lipinski definition) is 1. The minimum atomic E-state index is -0.779. The summed E-state index contributed by atoms with van der Waals surface area (Å²) in [5, 5.41) is 18.0. The van der Waals surface area contributed by atoms with Crippen molar-refractivity contribution in [3.05, 3.63) is 23.4 Å². The van der Waals surface area contributed by atoms with Gasteiger partial charge in [-0.1, -0.05) is 0 Å². The largest absolute Gasteiger partial charge is 0.481 e. The number of aromatic nitrogens is 1. The van der Waals surface area contributed by atoms with Crippen LogP contribution in [0.25, 0.3) is 0 Å². The van der Waals surface area contributed by atoms with Gasteiger partial charge in [0.1, 0.15) is 11.9 Å². The smallest absolute Gasteiger partial charge is 0.308 e. The second-order valence-corrected chi connectivity index (χ2v) is 4.21. The zero-order chi connectivity index (χ0) is 12.4. The monoisotopic (exact) mass is 231 g/mol. The van der Waals surface area contributed by atoms with Gasteiger partial charge < -0.3 is 10.0 Å². The number of carbonyl (C=O) groups is 1. The van der Waals surface area contributed by atoms with Crippen LogP contribution >= 0.6 is 0 Å².